The Morgan fingerprint density at radius 1 is 1.00 bits per heavy atom. The van der Waals surface area contributed by atoms with Crippen LogP contribution in [-0.4, -0.2) is 20.9 Å². The minimum absolute atomic E-state index is 0.185. The van der Waals surface area contributed by atoms with Crippen LogP contribution in [0.25, 0.3) is 11.1 Å². The standard InChI is InChI=1S/C22H19FN2O3S/c1-15-6-11-20-19(12-15)18-4-2-3-5-21(18)29(27,28)25(20)14-22(26)24-13-16-7-9-17(23)10-8-16/h2-12H,13-14H2,1H3,(H,24,26). The summed E-state index contributed by atoms with van der Waals surface area (Å²) in [5.74, 6) is -0.797. The van der Waals surface area contributed by atoms with Gasteiger partial charge in [0.15, 0.2) is 0 Å². The summed E-state index contributed by atoms with van der Waals surface area (Å²) in [4.78, 5) is 12.7. The van der Waals surface area contributed by atoms with Gasteiger partial charge < -0.3 is 5.32 Å². The number of anilines is 1. The van der Waals surface area contributed by atoms with Gasteiger partial charge in [0, 0.05) is 17.7 Å². The van der Waals surface area contributed by atoms with E-state index in [2.05, 4.69) is 5.32 Å². The van der Waals surface area contributed by atoms with Crippen LogP contribution in [0.2, 0.25) is 0 Å². The van der Waals surface area contributed by atoms with Gasteiger partial charge >= 0.3 is 0 Å². The second-order valence-electron chi connectivity index (χ2n) is 6.93. The van der Waals surface area contributed by atoms with Crippen molar-refractivity contribution in [3.8, 4) is 11.1 Å². The Morgan fingerprint density at radius 3 is 2.48 bits per heavy atom. The molecule has 3 aromatic carbocycles. The molecule has 0 unspecified atom stereocenters. The maximum Gasteiger partial charge on any atom is 0.265 e. The SMILES string of the molecule is Cc1ccc2c(c1)-c1ccccc1S(=O)(=O)N2CC(=O)NCc1ccc(F)cc1. The summed E-state index contributed by atoms with van der Waals surface area (Å²) in [5.41, 5.74) is 3.61. The van der Waals surface area contributed by atoms with Gasteiger partial charge in [0.2, 0.25) is 5.91 Å². The van der Waals surface area contributed by atoms with Crippen molar-refractivity contribution >= 4 is 21.6 Å². The largest absolute Gasteiger partial charge is 0.350 e. The van der Waals surface area contributed by atoms with Gasteiger partial charge in [0.1, 0.15) is 12.4 Å². The molecule has 7 heteroatoms. The minimum atomic E-state index is -3.87. The monoisotopic (exact) mass is 410 g/mol. The Morgan fingerprint density at radius 2 is 1.72 bits per heavy atom. The number of nitrogens with zero attached hydrogens (tertiary/aromatic N) is 1. The highest BCUT2D eigenvalue weighted by Crippen LogP contribution is 2.43. The average molecular weight is 410 g/mol. The number of fused-ring (bicyclic) bond motifs is 3. The fraction of sp³-hybridized carbons (Fsp3) is 0.136. The first-order valence-electron chi connectivity index (χ1n) is 9.10. The number of halogens is 1. The molecule has 1 amide bonds. The molecule has 148 valence electrons. The van der Waals surface area contributed by atoms with Crippen molar-refractivity contribution in [1.82, 2.24) is 5.32 Å². The van der Waals surface area contributed by atoms with Crippen molar-refractivity contribution in [3.63, 3.8) is 0 Å². The number of rotatable bonds is 4. The molecule has 29 heavy (non-hydrogen) atoms. The molecule has 0 aromatic heterocycles. The predicted molar refractivity (Wildman–Crippen MR) is 109 cm³/mol. The first-order chi connectivity index (χ1) is 13.9. The van der Waals surface area contributed by atoms with E-state index >= 15 is 0 Å². The third-order valence-electron chi connectivity index (χ3n) is 4.86. The summed E-state index contributed by atoms with van der Waals surface area (Å²) in [7, 11) is -3.87. The highest BCUT2D eigenvalue weighted by molar-refractivity contribution is 7.93. The Balaban J connectivity index is 1.63. The van der Waals surface area contributed by atoms with Crippen molar-refractivity contribution in [1.29, 1.82) is 0 Å². The number of nitrogens with one attached hydrogen (secondary N) is 1. The van der Waals surface area contributed by atoms with Crippen LogP contribution in [0.5, 0.6) is 0 Å². The lowest BCUT2D eigenvalue weighted by atomic mass is 10.0. The van der Waals surface area contributed by atoms with Crippen LogP contribution in [0.15, 0.2) is 71.6 Å². The smallest absolute Gasteiger partial charge is 0.265 e. The molecule has 0 saturated heterocycles. The number of amides is 1. The average Bonchev–Trinajstić information content (AvgIpc) is 2.71. The van der Waals surface area contributed by atoms with E-state index in [-0.39, 0.29) is 23.8 Å². The lowest BCUT2D eigenvalue weighted by molar-refractivity contribution is -0.119. The lowest BCUT2D eigenvalue weighted by Gasteiger charge is -2.31. The van der Waals surface area contributed by atoms with Crippen LogP contribution in [0.4, 0.5) is 10.1 Å². The Labute approximate surface area is 168 Å². The number of sulfonamides is 1. The second-order valence-corrected chi connectivity index (χ2v) is 8.76. The van der Waals surface area contributed by atoms with Crippen molar-refractivity contribution in [2.45, 2.75) is 18.4 Å². The molecular weight excluding hydrogens is 391 g/mol. The van der Waals surface area contributed by atoms with Crippen LogP contribution in [-0.2, 0) is 21.4 Å². The van der Waals surface area contributed by atoms with Gasteiger partial charge in [-0.15, -0.1) is 0 Å². The summed E-state index contributed by atoms with van der Waals surface area (Å²) in [6.45, 7) is 1.78. The third kappa shape index (κ3) is 3.61. The second kappa shape index (κ2) is 7.33. The highest BCUT2D eigenvalue weighted by Gasteiger charge is 2.35. The molecule has 1 aliphatic heterocycles. The zero-order chi connectivity index (χ0) is 20.6. The molecule has 0 spiro atoms. The number of carbonyl (C=O) groups excluding carboxylic acids is 1. The summed E-state index contributed by atoms with van der Waals surface area (Å²) in [5, 5.41) is 2.70. The summed E-state index contributed by atoms with van der Waals surface area (Å²) in [6.07, 6.45) is 0. The van der Waals surface area contributed by atoms with Crippen molar-refractivity contribution < 1.29 is 17.6 Å². The quantitative estimate of drug-likeness (QED) is 0.714. The van der Waals surface area contributed by atoms with Crippen LogP contribution < -0.4 is 9.62 Å². The number of carbonyl (C=O) groups is 1. The molecule has 1 N–H and O–H groups in total. The van der Waals surface area contributed by atoms with E-state index in [0.717, 1.165) is 21.0 Å². The molecule has 0 radical (unpaired) electrons. The van der Waals surface area contributed by atoms with Crippen LogP contribution in [0.3, 0.4) is 0 Å². The topological polar surface area (TPSA) is 66.5 Å². The molecule has 0 saturated carbocycles. The van der Waals surface area contributed by atoms with Gasteiger partial charge in [-0.25, -0.2) is 12.8 Å². The van der Waals surface area contributed by atoms with E-state index < -0.39 is 15.9 Å². The molecule has 0 atom stereocenters. The van der Waals surface area contributed by atoms with Gasteiger partial charge in [-0.2, -0.15) is 0 Å². The minimum Gasteiger partial charge on any atom is -0.350 e. The predicted octanol–water partition coefficient (Wildman–Crippen LogP) is 3.63. The molecular formula is C22H19FN2O3S. The van der Waals surface area contributed by atoms with Gasteiger partial charge in [-0.1, -0.05) is 42.0 Å². The molecule has 0 fully saturated rings. The zero-order valence-electron chi connectivity index (χ0n) is 15.7. The lowest BCUT2D eigenvalue weighted by Crippen LogP contribution is -2.42. The molecule has 1 heterocycles. The zero-order valence-corrected chi connectivity index (χ0v) is 16.5. The number of aryl methyl sites for hydroxylation is 1. The van der Waals surface area contributed by atoms with E-state index in [9.17, 15) is 17.6 Å². The summed E-state index contributed by atoms with van der Waals surface area (Å²) < 4.78 is 40.6. The Bertz CT molecular complexity index is 1190. The number of hydrogen-bond donors (Lipinski definition) is 1. The maximum absolute atomic E-state index is 13.2. The van der Waals surface area contributed by atoms with E-state index in [1.165, 1.54) is 12.1 Å². The normalized spacial score (nSPS) is 14.1. The highest BCUT2D eigenvalue weighted by atomic mass is 32.2. The summed E-state index contributed by atoms with van der Waals surface area (Å²) >= 11 is 0. The molecule has 0 aliphatic carbocycles. The van der Waals surface area contributed by atoms with Gasteiger partial charge in [0.25, 0.3) is 10.0 Å². The van der Waals surface area contributed by atoms with E-state index in [1.807, 2.05) is 19.1 Å². The molecule has 4 rings (SSSR count). The fourth-order valence-electron chi connectivity index (χ4n) is 3.40. The molecule has 3 aromatic rings. The number of hydrogen-bond acceptors (Lipinski definition) is 3. The molecule has 1 aliphatic rings. The van der Waals surface area contributed by atoms with Gasteiger partial charge in [-0.05, 0) is 42.8 Å². The van der Waals surface area contributed by atoms with Crippen LogP contribution in [0.1, 0.15) is 11.1 Å². The van der Waals surface area contributed by atoms with E-state index in [0.29, 0.717) is 11.3 Å². The number of benzene rings is 3. The van der Waals surface area contributed by atoms with Gasteiger partial charge in [-0.3, -0.25) is 9.10 Å². The third-order valence-corrected chi connectivity index (χ3v) is 6.67. The molecule has 0 bridgehead atoms. The first kappa shape index (κ1) is 19.1. The van der Waals surface area contributed by atoms with Crippen molar-refractivity contribution in [2.75, 3.05) is 10.8 Å². The molecule has 5 nitrogen and oxygen atoms in total. The Kier molecular flexibility index (Phi) is 4.84. The van der Waals surface area contributed by atoms with Crippen LogP contribution >= 0.6 is 0 Å². The maximum atomic E-state index is 13.2. The first-order valence-corrected chi connectivity index (χ1v) is 10.5. The Hall–Kier alpha value is -3.19. The van der Waals surface area contributed by atoms with Crippen LogP contribution in [0, 0.1) is 12.7 Å². The van der Waals surface area contributed by atoms with E-state index in [4.69, 9.17) is 0 Å². The van der Waals surface area contributed by atoms with Crippen molar-refractivity contribution in [2.24, 2.45) is 0 Å². The van der Waals surface area contributed by atoms with E-state index in [1.54, 1.807) is 42.5 Å². The fourth-order valence-corrected chi connectivity index (χ4v) is 5.05. The summed E-state index contributed by atoms with van der Waals surface area (Å²) in [6, 6.07) is 18.0. The van der Waals surface area contributed by atoms with Crippen molar-refractivity contribution in [3.05, 3.63) is 83.7 Å². The van der Waals surface area contributed by atoms with Gasteiger partial charge in [0.05, 0.1) is 10.6 Å².